The van der Waals surface area contributed by atoms with Crippen molar-refractivity contribution in [2.24, 2.45) is 0 Å². The van der Waals surface area contributed by atoms with Gasteiger partial charge in [0.25, 0.3) is 0 Å². The Morgan fingerprint density at radius 1 is 1.26 bits per heavy atom. The van der Waals surface area contributed by atoms with Crippen molar-refractivity contribution >= 4 is 11.8 Å². The topological polar surface area (TPSA) is 97.1 Å². The van der Waals surface area contributed by atoms with E-state index in [1.807, 2.05) is 6.07 Å². The van der Waals surface area contributed by atoms with Crippen LogP contribution in [0.15, 0.2) is 36.7 Å². The molecule has 1 heterocycles. The molecule has 2 aromatic rings. The summed E-state index contributed by atoms with van der Waals surface area (Å²) < 4.78 is 10.7. The van der Waals surface area contributed by atoms with Gasteiger partial charge in [-0.15, -0.1) is 0 Å². The minimum absolute atomic E-state index is 0.207. The van der Waals surface area contributed by atoms with Crippen LogP contribution in [0.4, 0.5) is 10.5 Å². The largest absolute Gasteiger partial charge is 0.444 e. The van der Waals surface area contributed by atoms with E-state index in [0.29, 0.717) is 11.4 Å². The van der Waals surface area contributed by atoms with Gasteiger partial charge in [0.1, 0.15) is 29.4 Å². The second kappa shape index (κ2) is 6.75. The number of anilines is 1. The summed E-state index contributed by atoms with van der Waals surface area (Å²) >= 11 is 0. The summed E-state index contributed by atoms with van der Waals surface area (Å²) in [6.45, 7) is 5.36. The quantitative estimate of drug-likeness (QED) is 0.931. The minimum Gasteiger partial charge on any atom is -0.444 e. The van der Waals surface area contributed by atoms with Gasteiger partial charge in [0.05, 0.1) is 0 Å². The van der Waals surface area contributed by atoms with Crippen LogP contribution in [0.25, 0.3) is 0 Å². The van der Waals surface area contributed by atoms with Gasteiger partial charge in [0.15, 0.2) is 0 Å². The van der Waals surface area contributed by atoms with Crippen LogP contribution in [-0.2, 0) is 4.74 Å². The molecular formula is C16H16N4O3. The zero-order valence-corrected chi connectivity index (χ0v) is 13.0. The van der Waals surface area contributed by atoms with Gasteiger partial charge in [0, 0.05) is 17.8 Å². The number of aromatic nitrogens is 2. The lowest BCUT2D eigenvalue weighted by Crippen LogP contribution is -2.27. The second-order valence-electron chi connectivity index (χ2n) is 5.61. The number of amides is 1. The summed E-state index contributed by atoms with van der Waals surface area (Å²) in [7, 11) is 0. The van der Waals surface area contributed by atoms with Gasteiger partial charge < -0.3 is 9.47 Å². The highest BCUT2D eigenvalue weighted by molar-refractivity contribution is 5.85. The molecule has 1 N–H and O–H groups in total. The summed E-state index contributed by atoms with van der Waals surface area (Å²) in [6.07, 6.45) is 0.694. The third-order valence-electron chi connectivity index (χ3n) is 2.46. The molecule has 1 aromatic heterocycles. The van der Waals surface area contributed by atoms with E-state index in [-0.39, 0.29) is 11.6 Å². The number of carbonyl (C=O) groups excluding carboxylic acids is 1. The number of nitrogens with one attached hydrogen (secondary N) is 1. The molecule has 0 unspecified atom stereocenters. The molecule has 0 aliphatic rings. The van der Waals surface area contributed by atoms with E-state index in [9.17, 15) is 4.79 Å². The number of nitrogens with zero attached hydrogens (tertiary/aromatic N) is 3. The first kappa shape index (κ1) is 16.2. The number of hydrogen-bond donors (Lipinski definition) is 1. The van der Waals surface area contributed by atoms with E-state index in [1.165, 1.54) is 12.4 Å². The number of nitriles is 1. The van der Waals surface area contributed by atoms with Gasteiger partial charge in [-0.3, -0.25) is 5.32 Å². The molecule has 118 valence electrons. The van der Waals surface area contributed by atoms with Crippen molar-refractivity contribution < 1.29 is 14.3 Å². The molecule has 0 aliphatic carbocycles. The summed E-state index contributed by atoms with van der Waals surface area (Å²) in [4.78, 5) is 19.4. The van der Waals surface area contributed by atoms with Gasteiger partial charge in [-0.2, -0.15) is 5.26 Å². The molecule has 0 bridgehead atoms. The average molecular weight is 312 g/mol. The van der Waals surface area contributed by atoms with Crippen LogP contribution in [0.1, 0.15) is 26.5 Å². The van der Waals surface area contributed by atoms with E-state index in [2.05, 4.69) is 15.3 Å². The summed E-state index contributed by atoms with van der Waals surface area (Å²) in [5.41, 5.74) is 0.150. The zero-order chi connectivity index (χ0) is 16.9. The predicted molar refractivity (Wildman–Crippen MR) is 83.1 cm³/mol. The van der Waals surface area contributed by atoms with Crippen molar-refractivity contribution in [2.75, 3.05) is 5.32 Å². The molecule has 0 atom stereocenters. The molecular weight excluding hydrogens is 296 g/mol. The SMILES string of the molecule is CC(C)(C)OC(=O)Nc1cccc(Oc2cc(C#N)ncn2)c1. The van der Waals surface area contributed by atoms with Crippen LogP contribution in [-0.4, -0.2) is 21.7 Å². The van der Waals surface area contributed by atoms with E-state index >= 15 is 0 Å². The third-order valence-corrected chi connectivity index (χ3v) is 2.46. The Morgan fingerprint density at radius 2 is 2.04 bits per heavy atom. The van der Waals surface area contributed by atoms with Crippen LogP contribution in [0.2, 0.25) is 0 Å². The molecule has 0 fully saturated rings. The Balaban J connectivity index is 2.08. The Labute approximate surface area is 133 Å². The molecule has 1 aromatic carbocycles. The lowest BCUT2D eigenvalue weighted by molar-refractivity contribution is 0.0636. The maximum atomic E-state index is 11.8. The van der Waals surface area contributed by atoms with Crippen molar-refractivity contribution in [1.29, 1.82) is 5.26 Å². The predicted octanol–water partition coefficient (Wildman–Crippen LogP) is 3.49. The lowest BCUT2D eigenvalue weighted by atomic mass is 10.2. The second-order valence-corrected chi connectivity index (χ2v) is 5.61. The Bertz CT molecular complexity index is 747. The highest BCUT2D eigenvalue weighted by atomic mass is 16.6. The molecule has 7 heteroatoms. The van der Waals surface area contributed by atoms with Crippen molar-refractivity contribution in [1.82, 2.24) is 9.97 Å². The molecule has 0 radical (unpaired) electrons. The normalized spacial score (nSPS) is 10.5. The molecule has 23 heavy (non-hydrogen) atoms. The van der Waals surface area contributed by atoms with E-state index in [4.69, 9.17) is 14.7 Å². The first-order chi connectivity index (χ1) is 10.9. The van der Waals surface area contributed by atoms with Crippen LogP contribution < -0.4 is 10.1 Å². The van der Waals surface area contributed by atoms with Gasteiger partial charge >= 0.3 is 6.09 Å². The lowest BCUT2D eigenvalue weighted by Gasteiger charge is -2.19. The Hall–Kier alpha value is -3.14. The summed E-state index contributed by atoms with van der Waals surface area (Å²) in [5, 5.41) is 11.4. The molecule has 2 rings (SSSR count). The first-order valence-corrected chi connectivity index (χ1v) is 6.86. The standard InChI is InChI=1S/C16H16N4O3/c1-16(2,3)23-15(21)20-11-5-4-6-13(7-11)22-14-8-12(9-17)18-10-19-14/h4-8,10H,1-3H3,(H,20,21). The van der Waals surface area contributed by atoms with Gasteiger partial charge in [0.2, 0.25) is 5.88 Å². The molecule has 1 amide bonds. The highest BCUT2D eigenvalue weighted by Gasteiger charge is 2.16. The highest BCUT2D eigenvalue weighted by Crippen LogP contribution is 2.23. The number of hydrogen-bond acceptors (Lipinski definition) is 6. The third kappa shape index (κ3) is 5.28. The minimum atomic E-state index is -0.577. The summed E-state index contributed by atoms with van der Waals surface area (Å²) in [5.74, 6) is 0.701. The molecule has 7 nitrogen and oxygen atoms in total. The van der Waals surface area contributed by atoms with Crippen LogP contribution in [0, 0.1) is 11.3 Å². The average Bonchev–Trinajstić information content (AvgIpc) is 2.45. The first-order valence-electron chi connectivity index (χ1n) is 6.86. The number of rotatable bonds is 3. The van der Waals surface area contributed by atoms with Crippen molar-refractivity contribution in [3.05, 3.63) is 42.4 Å². The number of ether oxygens (including phenoxy) is 2. The Kier molecular flexibility index (Phi) is 4.76. The van der Waals surface area contributed by atoms with Gasteiger partial charge in [-0.1, -0.05) is 6.07 Å². The fourth-order valence-electron chi connectivity index (χ4n) is 1.64. The van der Waals surface area contributed by atoms with Crippen molar-refractivity contribution in [3.63, 3.8) is 0 Å². The zero-order valence-electron chi connectivity index (χ0n) is 13.0. The van der Waals surface area contributed by atoms with Gasteiger partial charge in [-0.25, -0.2) is 14.8 Å². The van der Waals surface area contributed by atoms with Crippen molar-refractivity contribution in [2.45, 2.75) is 26.4 Å². The number of carbonyl (C=O) groups is 1. The van der Waals surface area contributed by atoms with Crippen LogP contribution in [0.3, 0.4) is 0 Å². The maximum Gasteiger partial charge on any atom is 0.412 e. The van der Waals surface area contributed by atoms with Crippen molar-refractivity contribution in [3.8, 4) is 17.7 Å². The van der Waals surface area contributed by atoms with E-state index in [1.54, 1.807) is 45.0 Å². The number of benzene rings is 1. The van der Waals surface area contributed by atoms with Crippen LogP contribution >= 0.6 is 0 Å². The van der Waals surface area contributed by atoms with E-state index in [0.717, 1.165) is 0 Å². The maximum absolute atomic E-state index is 11.8. The smallest absolute Gasteiger partial charge is 0.412 e. The molecule has 0 saturated carbocycles. The molecule has 0 spiro atoms. The fraction of sp³-hybridized carbons (Fsp3) is 0.250. The fourth-order valence-corrected chi connectivity index (χ4v) is 1.64. The van der Waals surface area contributed by atoms with Crippen LogP contribution in [0.5, 0.6) is 11.6 Å². The molecule has 0 aliphatic heterocycles. The summed E-state index contributed by atoms with van der Waals surface area (Å²) in [6, 6.07) is 10.1. The van der Waals surface area contributed by atoms with E-state index < -0.39 is 11.7 Å². The molecule has 0 saturated heterocycles. The van der Waals surface area contributed by atoms with Gasteiger partial charge in [-0.05, 0) is 32.9 Å². The monoisotopic (exact) mass is 312 g/mol. The Morgan fingerprint density at radius 3 is 2.74 bits per heavy atom.